The van der Waals surface area contributed by atoms with Crippen molar-refractivity contribution in [2.24, 2.45) is 0 Å². The third kappa shape index (κ3) is 3.03. The Kier molecular flexibility index (Phi) is 4.32. The fraction of sp³-hybridized carbons (Fsp3) is 0.917. The molecule has 0 saturated carbocycles. The Bertz CT molecular complexity index is 301. The van der Waals surface area contributed by atoms with Crippen molar-refractivity contribution in [1.82, 2.24) is 5.32 Å². The first-order chi connectivity index (χ1) is 7.60. The minimum Gasteiger partial charge on any atom is -0.412 e. The average Bonchev–Trinajstić information content (AvgIpc) is 2.20. The Morgan fingerprint density at radius 3 is 2.29 bits per heavy atom. The van der Waals surface area contributed by atoms with Crippen LogP contribution in [0.2, 0.25) is 18.1 Å². The van der Waals surface area contributed by atoms with E-state index in [2.05, 4.69) is 46.1 Å². The molecule has 0 aromatic rings. The summed E-state index contributed by atoms with van der Waals surface area (Å²) in [5.41, 5.74) is 0. The molecule has 1 saturated heterocycles. The fourth-order valence-corrected chi connectivity index (χ4v) is 3.34. The van der Waals surface area contributed by atoms with Gasteiger partial charge in [-0.25, -0.2) is 0 Å². The van der Waals surface area contributed by atoms with Crippen molar-refractivity contribution in [3.8, 4) is 0 Å². The summed E-state index contributed by atoms with van der Waals surface area (Å²) in [6.07, 6.45) is 0.914. The minimum atomic E-state index is -1.80. The van der Waals surface area contributed by atoms with Crippen molar-refractivity contribution >= 4 is 25.8 Å². The number of β-lactam (4-membered cyclic amide) rings is 1. The summed E-state index contributed by atoms with van der Waals surface area (Å²) >= 11 is 6.01. The van der Waals surface area contributed by atoms with Gasteiger partial charge in [0.2, 0.25) is 5.91 Å². The van der Waals surface area contributed by atoms with Crippen LogP contribution in [0.1, 0.15) is 34.1 Å². The van der Waals surface area contributed by atoms with Gasteiger partial charge in [-0.15, -0.1) is 11.6 Å². The summed E-state index contributed by atoms with van der Waals surface area (Å²) < 4.78 is 6.31. The molecule has 17 heavy (non-hydrogen) atoms. The zero-order valence-electron chi connectivity index (χ0n) is 11.6. The van der Waals surface area contributed by atoms with E-state index in [1.165, 1.54) is 0 Å². The Morgan fingerprint density at radius 2 is 2.00 bits per heavy atom. The van der Waals surface area contributed by atoms with E-state index in [4.69, 9.17) is 16.0 Å². The van der Waals surface area contributed by atoms with Gasteiger partial charge < -0.3 is 9.74 Å². The number of alkyl halides is 1. The molecule has 1 N–H and O–H groups in total. The summed E-state index contributed by atoms with van der Waals surface area (Å²) in [5, 5.41) is 2.59. The van der Waals surface area contributed by atoms with Crippen LogP contribution in [0, 0.1) is 0 Å². The van der Waals surface area contributed by atoms with Gasteiger partial charge in [0, 0.05) is 0 Å². The van der Waals surface area contributed by atoms with Crippen LogP contribution >= 0.6 is 11.6 Å². The highest BCUT2D eigenvalue weighted by molar-refractivity contribution is 6.74. The summed E-state index contributed by atoms with van der Waals surface area (Å²) in [5.74, 6) is -0.0750. The molecule has 3 nitrogen and oxygen atoms in total. The molecule has 0 aromatic carbocycles. The van der Waals surface area contributed by atoms with Crippen molar-refractivity contribution in [1.29, 1.82) is 0 Å². The number of amides is 1. The van der Waals surface area contributed by atoms with Gasteiger partial charge in [0.15, 0.2) is 8.32 Å². The lowest BCUT2D eigenvalue weighted by atomic mass is 9.98. The number of nitrogens with one attached hydrogen (secondary N) is 1. The van der Waals surface area contributed by atoms with Gasteiger partial charge in [0.1, 0.15) is 5.38 Å². The number of carbonyl (C=O) groups excluding carboxylic acids is 1. The lowest BCUT2D eigenvalue weighted by molar-refractivity contribution is -0.130. The van der Waals surface area contributed by atoms with Gasteiger partial charge in [-0.2, -0.15) is 0 Å². The Balaban J connectivity index is 2.68. The second-order valence-electron chi connectivity index (χ2n) is 6.26. The van der Waals surface area contributed by atoms with Crippen LogP contribution in [0.4, 0.5) is 0 Å². The van der Waals surface area contributed by atoms with E-state index in [0.29, 0.717) is 0 Å². The van der Waals surface area contributed by atoms with Crippen molar-refractivity contribution in [2.45, 2.75) is 69.8 Å². The van der Waals surface area contributed by atoms with E-state index in [-0.39, 0.29) is 23.1 Å². The molecule has 1 amide bonds. The summed E-state index contributed by atoms with van der Waals surface area (Å²) in [6.45, 7) is 13.2. The Morgan fingerprint density at radius 1 is 1.47 bits per heavy atom. The molecule has 100 valence electrons. The number of halogens is 1. The normalized spacial score (nSPS) is 27.4. The molecule has 1 fully saturated rings. The maximum atomic E-state index is 11.1. The van der Waals surface area contributed by atoms with Crippen LogP contribution in [0.25, 0.3) is 0 Å². The van der Waals surface area contributed by atoms with E-state index in [0.717, 1.165) is 6.42 Å². The first-order valence-corrected chi connectivity index (χ1v) is 9.57. The van der Waals surface area contributed by atoms with E-state index >= 15 is 0 Å². The zero-order chi connectivity index (χ0) is 13.4. The van der Waals surface area contributed by atoms with Gasteiger partial charge in [-0.1, -0.05) is 27.7 Å². The molecule has 1 rings (SSSR count). The Labute approximate surface area is 110 Å². The lowest BCUT2D eigenvalue weighted by Gasteiger charge is -2.45. The lowest BCUT2D eigenvalue weighted by Crippen LogP contribution is -2.66. The second-order valence-corrected chi connectivity index (χ2v) is 11.5. The van der Waals surface area contributed by atoms with E-state index in [1.54, 1.807) is 0 Å². The van der Waals surface area contributed by atoms with Crippen LogP contribution in [0.3, 0.4) is 0 Å². The summed E-state index contributed by atoms with van der Waals surface area (Å²) in [6, 6.07) is -0.0247. The second kappa shape index (κ2) is 4.90. The van der Waals surface area contributed by atoms with Crippen molar-refractivity contribution in [2.75, 3.05) is 0 Å². The van der Waals surface area contributed by atoms with Crippen LogP contribution in [-0.2, 0) is 9.22 Å². The monoisotopic (exact) mass is 277 g/mol. The van der Waals surface area contributed by atoms with Gasteiger partial charge in [0.05, 0.1) is 12.1 Å². The van der Waals surface area contributed by atoms with E-state index < -0.39 is 13.7 Å². The van der Waals surface area contributed by atoms with E-state index in [9.17, 15) is 4.79 Å². The van der Waals surface area contributed by atoms with E-state index in [1.807, 2.05) is 0 Å². The first kappa shape index (κ1) is 15.0. The van der Waals surface area contributed by atoms with Crippen molar-refractivity contribution in [3.63, 3.8) is 0 Å². The molecule has 0 aliphatic carbocycles. The summed E-state index contributed by atoms with van der Waals surface area (Å²) in [7, 11) is -1.80. The van der Waals surface area contributed by atoms with Gasteiger partial charge in [-0.05, 0) is 24.6 Å². The molecule has 0 spiro atoms. The topological polar surface area (TPSA) is 38.3 Å². The van der Waals surface area contributed by atoms with Crippen molar-refractivity contribution in [3.05, 3.63) is 0 Å². The molecule has 0 unspecified atom stereocenters. The SMILES string of the molecule is CC[C@H](O[Si](C)(C)C(C)(C)C)[C@@H]1NC(=O)[C@H]1Cl. The largest absolute Gasteiger partial charge is 0.412 e. The van der Waals surface area contributed by atoms with Crippen LogP contribution < -0.4 is 5.32 Å². The summed E-state index contributed by atoms with van der Waals surface area (Å²) in [4.78, 5) is 11.1. The number of rotatable bonds is 4. The number of carbonyl (C=O) groups is 1. The third-order valence-electron chi connectivity index (χ3n) is 3.93. The van der Waals surface area contributed by atoms with Gasteiger partial charge >= 0.3 is 0 Å². The first-order valence-electron chi connectivity index (χ1n) is 6.22. The maximum absolute atomic E-state index is 11.1. The molecule has 0 radical (unpaired) electrons. The molecule has 1 aliphatic rings. The van der Waals surface area contributed by atoms with Crippen LogP contribution in [0.15, 0.2) is 0 Å². The highest BCUT2D eigenvalue weighted by Crippen LogP contribution is 2.38. The average molecular weight is 278 g/mol. The fourth-order valence-electron chi connectivity index (χ4n) is 1.63. The van der Waals surface area contributed by atoms with Crippen LogP contribution in [0.5, 0.6) is 0 Å². The predicted molar refractivity (Wildman–Crippen MR) is 73.9 cm³/mol. The highest BCUT2D eigenvalue weighted by Gasteiger charge is 2.46. The smallest absolute Gasteiger partial charge is 0.240 e. The van der Waals surface area contributed by atoms with Gasteiger partial charge in [0.25, 0.3) is 0 Å². The number of hydrogen-bond donors (Lipinski definition) is 1. The minimum absolute atomic E-state index is 0.0247. The van der Waals surface area contributed by atoms with Gasteiger partial charge in [-0.3, -0.25) is 4.79 Å². The number of hydrogen-bond acceptors (Lipinski definition) is 2. The Hall–Kier alpha value is -0.0631. The van der Waals surface area contributed by atoms with Crippen LogP contribution in [-0.4, -0.2) is 31.7 Å². The molecule has 1 heterocycles. The molecular formula is C12H24ClNO2Si. The molecule has 1 aliphatic heterocycles. The highest BCUT2D eigenvalue weighted by atomic mass is 35.5. The standard InChI is InChI=1S/C12H24ClNO2Si/c1-7-8(10-9(13)11(15)14-10)16-17(5,6)12(2,3)4/h8-10H,7H2,1-6H3,(H,14,15)/t8-,9-,10-/m0/s1. The molecule has 0 aromatic heterocycles. The van der Waals surface area contributed by atoms with Crippen molar-refractivity contribution < 1.29 is 9.22 Å². The molecule has 3 atom stereocenters. The third-order valence-corrected chi connectivity index (χ3v) is 8.90. The molecule has 5 heteroatoms. The quantitative estimate of drug-likeness (QED) is 0.487. The zero-order valence-corrected chi connectivity index (χ0v) is 13.4. The predicted octanol–water partition coefficient (Wildman–Crippen LogP) is 2.89. The molecule has 0 bridgehead atoms. The maximum Gasteiger partial charge on any atom is 0.240 e. The molecular weight excluding hydrogens is 254 g/mol.